The number of hydrogen-bond acceptors (Lipinski definition) is 37. The molecule has 5 aliphatic rings. The molecule has 0 aromatic carbocycles. The zero-order valence-corrected chi connectivity index (χ0v) is 54.2. The second kappa shape index (κ2) is 32.9. The summed E-state index contributed by atoms with van der Waals surface area (Å²) in [6, 6.07) is 0. The van der Waals surface area contributed by atoms with Crippen LogP contribution in [0.4, 0.5) is 0 Å². The Morgan fingerprint density at radius 3 is 0.946 bits per heavy atom. The molecule has 0 saturated carbocycles. The van der Waals surface area contributed by atoms with Gasteiger partial charge in [-0.3, -0.25) is 27.3 Å². The van der Waals surface area contributed by atoms with Gasteiger partial charge < -0.3 is 90.7 Å². The third-order valence-electron chi connectivity index (χ3n) is 13.9. The molecule has 45 nitrogen and oxygen atoms in total. The number of aliphatic carboxylic acids is 2. The van der Waals surface area contributed by atoms with Gasteiger partial charge in [0.25, 0.3) is 0 Å². The van der Waals surface area contributed by atoms with Crippen LogP contribution in [-0.4, -0.2) is 329 Å². The molecule has 0 radical (unpaired) electrons. The van der Waals surface area contributed by atoms with Gasteiger partial charge >= 0.3 is 74.3 Å². The topological polar surface area (TPSA) is 613 Å². The molecule has 5 saturated heterocycles. The van der Waals surface area contributed by atoms with Gasteiger partial charge in [-0.2, -0.15) is 50.5 Å². The highest BCUT2D eigenvalue weighted by molar-refractivity contribution is 7.82. The van der Waals surface area contributed by atoms with Crippen LogP contribution < -0.4 is 0 Å². The zero-order valence-electron chi connectivity index (χ0n) is 49.3. The lowest BCUT2D eigenvalue weighted by atomic mass is 9.94. The first kappa shape index (κ1) is 80.2. The maximum Gasteiger partial charge on any atom is 0.397 e. The summed E-state index contributed by atoms with van der Waals surface area (Å²) in [5, 5.41) is 21.5. The van der Waals surface area contributed by atoms with Gasteiger partial charge in [-0.25, -0.2) is 34.7 Å². The van der Waals surface area contributed by atoms with Gasteiger partial charge in [0, 0.05) is 49.8 Å². The molecule has 0 aromatic rings. The second-order valence-electron chi connectivity index (χ2n) is 20.0. The fourth-order valence-corrected chi connectivity index (χ4v) is 12.9. The summed E-state index contributed by atoms with van der Waals surface area (Å²) < 4.78 is 331. The summed E-state index contributed by atoms with van der Waals surface area (Å²) in [6.07, 6.45) is -53.7. The van der Waals surface area contributed by atoms with Gasteiger partial charge in [-0.05, 0) is 20.8 Å². The molecule has 0 amide bonds. The normalized spacial score (nSPS) is 38.1. The minimum atomic E-state index is -6.13. The predicted octanol–water partition coefficient (Wildman–Crippen LogP) is -5.70. The Kier molecular flexibility index (Phi) is 28.7. The quantitative estimate of drug-likeness (QED) is 0.0278. The largest absolute Gasteiger partial charge is 0.479 e. The SMILES string of the molecule is CO[C@@H]1[C@@H](OC)[C@H](O[C@H]2[C@H](OS(=O)(=O)O)[C@@H](OS(=O)(=O)O)[C@@H](O[C@@H]3C(C(=O)O)O[C@@H](O[C@H]4[C@H](OC)[C@@H](OS(=O)(=O)O)[C@@H](C)O[C@@H]4COS(=O)(=O)O)[C@H](OC)[C@H]3OC)O[C@@H]2COS(=O)(=O)O)O[C@H](C(=O)O)[C@H]1O[C@H]1O[C@H](COS(=O)(=O)O)[C@@H](OC(C)C)[C@H](OC)[C@H]1OC. The van der Waals surface area contributed by atoms with Crippen molar-refractivity contribution in [3.8, 4) is 0 Å². The van der Waals surface area contributed by atoms with E-state index in [1.807, 2.05) is 0 Å². The Balaban J connectivity index is 1.60. The first-order valence-corrected chi connectivity index (χ1v) is 34.1. The van der Waals surface area contributed by atoms with Crippen molar-refractivity contribution in [2.24, 2.45) is 0 Å². The summed E-state index contributed by atoms with van der Waals surface area (Å²) in [5.74, 6) is -4.08. The molecule has 5 fully saturated rings. The van der Waals surface area contributed by atoms with Crippen LogP contribution >= 0.6 is 0 Å². The van der Waals surface area contributed by atoms with E-state index < -0.39 is 254 Å². The monoisotopic (exact) mass is 1470 g/mol. The van der Waals surface area contributed by atoms with Crippen molar-refractivity contribution >= 4 is 74.3 Å². The molecule has 0 aliphatic carbocycles. The van der Waals surface area contributed by atoms with Crippen LogP contribution in [0.15, 0.2) is 0 Å². The fraction of sp³-hybridized carbons (Fsp3) is 0.951. The molecule has 25 atom stereocenters. The molecule has 92 heavy (non-hydrogen) atoms. The van der Waals surface area contributed by atoms with Crippen LogP contribution in [0, 0.1) is 0 Å². The molecule has 8 N–H and O–H groups in total. The van der Waals surface area contributed by atoms with Crippen molar-refractivity contribution in [1.82, 2.24) is 0 Å². The van der Waals surface area contributed by atoms with E-state index in [0.29, 0.717) is 0 Å². The van der Waals surface area contributed by atoms with Crippen LogP contribution in [0.5, 0.6) is 0 Å². The summed E-state index contributed by atoms with van der Waals surface area (Å²) in [7, 11) is -27.1. The Bertz CT molecular complexity index is 3120. The molecular weight excluding hydrogens is 1400 g/mol. The number of hydrogen-bond donors (Lipinski definition) is 8. The Morgan fingerprint density at radius 2 is 0.620 bits per heavy atom. The van der Waals surface area contributed by atoms with Gasteiger partial charge in [-0.15, -0.1) is 0 Å². The van der Waals surface area contributed by atoms with Gasteiger partial charge in [-0.1, -0.05) is 0 Å². The molecule has 1 unspecified atom stereocenters. The minimum absolute atomic E-state index is 0.632. The maximum absolute atomic E-state index is 13.3. The average Bonchev–Trinajstić information content (AvgIpc) is 0.797. The van der Waals surface area contributed by atoms with Crippen molar-refractivity contribution in [2.45, 2.75) is 180 Å². The van der Waals surface area contributed by atoms with E-state index in [2.05, 4.69) is 12.5 Å². The van der Waals surface area contributed by atoms with E-state index in [-0.39, 0.29) is 0 Å². The Morgan fingerprint density at radius 1 is 0.348 bits per heavy atom. The van der Waals surface area contributed by atoms with Crippen LogP contribution in [0.3, 0.4) is 0 Å². The van der Waals surface area contributed by atoms with Crippen molar-refractivity contribution < 1.29 is 203 Å². The molecular formula is C41H70O45S6. The molecule has 5 rings (SSSR count). The van der Waals surface area contributed by atoms with E-state index in [9.17, 15) is 97.6 Å². The number of rotatable bonds is 34. The third-order valence-corrected chi connectivity index (χ3v) is 16.6. The van der Waals surface area contributed by atoms with Crippen molar-refractivity contribution in [3.63, 3.8) is 0 Å². The molecule has 5 aliphatic heterocycles. The first-order chi connectivity index (χ1) is 42.4. The third kappa shape index (κ3) is 22.0. The van der Waals surface area contributed by atoms with Crippen LogP contribution in [-0.2, 0) is 178 Å². The van der Waals surface area contributed by atoms with Gasteiger partial charge in [0.2, 0.25) is 0 Å². The van der Waals surface area contributed by atoms with Crippen molar-refractivity contribution in [2.75, 3.05) is 69.6 Å². The minimum Gasteiger partial charge on any atom is -0.479 e. The predicted molar refractivity (Wildman–Crippen MR) is 281 cm³/mol. The summed E-state index contributed by atoms with van der Waals surface area (Å²) in [5.41, 5.74) is 0. The lowest BCUT2D eigenvalue weighted by molar-refractivity contribution is -0.387. The first-order valence-electron chi connectivity index (χ1n) is 25.9. The number of carbonyl (C=O) groups is 2. The van der Waals surface area contributed by atoms with Gasteiger partial charge in [0.15, 0.2) is 43.5 Å². The van der Waals surface area contributed by atoms with Crippen LogP contribution in [0.2, 0.25) is 0 Å². The van der Waals surface area contributed by atoms with Gasteiger partial charge in [0.05, 0.1) is 32.0 Å². The highest BCUT2D eigenvalue weighted by Gasteiger charge is 2.62. The average molecular weight is 1480 g/mol. The standard InChI is InChI=1S/C41H70O45S6/c1-14(2)74-20-17(12-72-88(49,50)51)76-38(32(68-8)24(20)65-5)80-27-25(66-6)34(70-10)40(83-30(27)36(42)43)79-22-18(13-73-89(52,53)54)77-41(35(86-92(61,62)63)29(22)85-91(58,59)60)81-28-26(67-7)33(69-9)39(82-31(28)37(44)45)78-21-16(11-71-87(46,47)48)75-15(3)19(23(21)64-4)84-90(55,56)57/h14-35,38-41H,11-13H2,1-10H3,(H,42,43)(H,44,45)(H,46,47,48)(H,49,50,51)(H,52,53,54)(H,55,56,57)(H,58,59,60)(H,61,62,63)/t15-,16-,17-,18-,19+,20-,21-,22-,23-,24+,25+,26+,27+,28+,29+,30+,31?,32-,33-,34-,35-,38-,39-,40-,41-/m1/s1. The molecule has 0 bridgehead atoms. The summed E-state index contributed by atoms with van der Waals surface area (Å²) in [6.45, 7) is 0.403. The van der Waals surface area contributed by atoms with Crippen molar-refractivity contribution in [1.29, 1.82) is 0 Å². The summed E-state index contributed by atoms with van der Waals surface area (Å²) >= 11 is 0. The van der Waals surface area contributed by atoms with E-state index in [1.165, 1.54) is 0 Å². The smallest absolute Gasteiger partial charge is 0.397 e. The number of carboxylic acid groups (broad SMARTS) is 2. The molecule has 5 heterocycles. The van der Waals surface area contributed by atoms with E-state index in [0.717, 1.165) is 56.7 Å². The number of ether oxygens (including phenoxy) is 17. The van der Waals surface area contributed by atoms with E-state index >= 15 is 0 Å². The molecule has 0 spiro atoms. The second-order valence-corrected chi connectivity index (χ2v) is 26.5. The highest BCUT2D eigenvalue weighted by Crippen LogP contribution is 2.41. The van der Waals surface area contributed by atoms with Crippen LogP contribution in [0.25, 0.3) is 0 Å². The Labute approximate surface area is 525 Å². The molecule has 51 heteroatoms. The summed E-state index contributed by atoms with van der Waals surface area (Å²) in [4.78, 5) is 26.6. The zero-order chi connectivity index (χ0) is 69.6. The number of methoxy groups -OCH3 is 7. The Hall–Kier alpha value is -2.52. The number of carboxylic acids is 2. The molecule has 540 valence electrons. The maximum atomic E-state index is 13.3. The highest BCUT2D eigenvalue weighted by atomic mass is 32.3. The molecule has 0 aromatic heterocycles. The van der Waals surface area contributed by atoms with E-state index in [1.54, 1.807) is 13.8 Å². The lowest BCUT2D eigenvalue weighted by Crippen LogP contribution is -2.70. The van der Waals surface area contributed by atoms with Crippen LogP contribution in [0.1, 0.15) is 20.8 Å². The fourth-order valence-electron chi connectivity index (χ4n) is 10.5. The van der Waals surface area contributed by atoms with Gasteiger partial charge in [0.1, 0.15) is 104 Å². The van der Waals surface area contributed by atoms with E-state index in [4.69, 9.17) is 93.1 Å². The van der Waals surface area contributed by atoms with Crippen molar-refractivity contribution in [3.05, 3.63) is 0 Å². The lowest BCUT2D eigenvalue weighted by Gasteiger charge is -2.51.